The van der Waals surface area contributed by atoms with Gasteiger partial charge in [0.05, 0.1) is 0 Å². The summed E-state index contributed by atoms with van der Waals surface area (Å²) in [5.74, 6) is 0. The lowest BCUT2D eigenvalue weighted by Crippen LogP contribution is -2.51. The number of rotatable bonds is 1. The van der Waals surface area contributed by atoms with Crippen molar-refractivity contribution in [2.24, 2.45) is 0 Å². The number of carbonyl (C=O) groups is 1. The van der Waals surface area contributed by atoms with Gasteiger partial charge in [-0.2, -0.15) is 0 Å². The number of hydrogen-bond donors (Lipinski definition) is 0. The summed E-state index contributed by atoms with van der Waals surface area (Å²) in [5, 5.41) is 0. The van der Waals surface area contributed by atoms with Crippen LogP contribution >= 0.6 is 0 Å². The van der Waals surface area contributed by atoms with Gasteiger partial charge < -0.3 is 9.64 Å². The van der Waals surface area contributed by atoms with Gasteiger partial charge in [0, 0.05) is 24.7 Å². The van der Waals surface area contributed by atoms with E-state index in [0.717, 1.165) is 25.9 Å². The number of amides is 1. The Balaban J connectivity index is 2.47. The molecule has 0 N–H and O–H groups in total. The van der Waals surface area contributed by atoms with Crippen molar-refractivity contribution < 1.29 is 9.53 Å². The highest BCUT2D eigenvalue weighted by Crippen LogP contribution is 2.23. The fourth-order valence-electron chi connectivity index (χ4n) is 2.31. The molecule has 0 spiro atoms. The van der Waals surface area contributed by atoms with Crippen molar-refractivity contribution in [3.05, 3.63) is 0 Å². The van der Waals surface area contributed by atoms with Crippen molar-refractivity contribution in [1.29, 1.82) is 0 Å². The molecule has 4 heteroatoms. The fraction of sp³-hybridized carbons (Fsp3) is 0.933. The number of piperidine rings is 1. The SMILES string of the molecule is CN(C1CCN(C(=O)OC(C)(C)C)CC1)C(C)(C)C. The maximum atomic E-state index is 12.0. The van der Waals surface area contributed by atoms with Crippen LogP contribution in [0.4, 0.5) is 4.79 Å². The van der Waals surface area contributed by atoms with Crippen molar-refractivity contribution in [2.75, 3.05) is 20.1 Å². The topological polar surface area (TPSA) is 32.8 Å². The largest absolute Gasteiger partial charge is 0.444 e. The highest BCUT2D eigenvalue weighted by atomic mass is 16.6. The van der Waals surface area contributed by atoms with E-state index in [1.807, 2.05) is 25.7 Å². The highest BCUT2D eigenvalue weighted by molar-refractivity contribution is 5.68. The Bertz CT molecular complexity index is 307. The molecule has 1 rings (SSSR count). The summed E-state index contributed by atoms with van der Waals surface area (Å²) in [7, 11) is 2.17. The second kappa shape index (κ2) is 5.70. The Morgan fingerprint density at radius 3 is 1.95 bits per heavy atom. The molecule has 1 heterocycles. The van der Waals surface area contributed by atoms with Crippen molar-refractivity contribution in [3.8, 4) is 0 Å². The van der Waals surface area contributed by atoms with E-state index in [-0.39, 0.29) is 11.6 Å². The molecule has 1 fully saturated rings. The first kappa shape index (κ1) is 16.3. The van der Waals surface area contributed by atoms with Crippen LogP contribution in [-0.2, 0) is 4.74 Å². The lowest BCUT2D eigenvalue weighted by atomic mass is 9.97. The molecule has 0 radical (unpaired) electrons. The molecule has 4 nitrogen and oxygen atoms in total. The smallest absolute Gasteiger partial charge is 0.410 e. The molecular weight excluding hydrogens is 240 g/mol. The molecule has 0 aromatic rings. The molecule has 1 amide bonds. The van der Waals surface area contributed by atoms with Crippen LogP contribution in [0.3, 0.4) is 0 Å². The van der Waals surface area contributed by atoms with Crippen LogP contribution in [0.2, 0.25) is 0 Å². The molecule has 0 bridgehead atoms. The third-order valence-corrected chi connectivity index (χ3v) is 3.72. The van der Waals surface area contributed by atoms with Gasteiger partial charge in [0.15, 0.2) is 0 Å². The van der Waals surface area contributed by atoms with Gasteiger partial charge in [-0.05, 0) is 61.4 Å². The molecule has 19 heavy (non-hydrogen) atoms. The summed E-state index contributed by atoms with van der Waals surface area (Å²) < 4.78 is 5.41. The zero-order valence-electron chi connectivity index (χ0n) is 13.6. The summed E-state index contributed by atoms with van der Waals surface area (Å²) in [6.07, 6.45) is 1.87. The van der Waals surface area contributed by atoms with Gasteiger partial charge in [0.2, 0.25) is 0 Å². The lowest BCUT2D eigenvalue weighted by molar-refractivity contribution is 0.00966. The first-order chi connectivity index (χ1) is 8.50. The third-order valence-electron chi connectivity index (χ3n) is 3.72. The highest BCUT2D eigenvalue weighted by Gasteiger charge is 2.31. The molecular formula is C15H30N2O2. The van der Waals surface area contributed by atoms with Crippen LogP contribution in [-0.4, -0.2) is 53.2 Å². The second-order valence-electron chi connectivity index (χ2n) is 7.48. The predicted octanol–water partition coefficient (Wildman–Crippen LogP) is 3.12. The van der Waals surface area contributed by atoms with Crippen LogP contribution in [0.25, 0.3) is 0 Å². The maximum absolute atomic E-state index is 12.0. The molecule has 1 aliphatic heterocycles. The quantitative estimate of drug-likeness (QED) is 0.734. The van der Waals surface area contributed by atoms with Gasteiger partial charge in [0.1, 0.15) is 5.60 Å². The van der Waals surface area contributed by atoms with E-state index >= 15 is 0 Å². The van der Waals surface area contributed by atoms with E-state index < -0.39 is 5.60 Å². The van der Waals surface area contributed by atoms with Gasteiger partial charge in [-0.1, -0.05) is 0 Å². The summed E-state index contributed by atoms with van der Waals surface area (Å²) >= 11 is 0. The minimum Gasteiger partial charge on any atom is -0.444 e. The minimum absolute atomic E-state index is 0.177. The number of likely N-dealkylation sites (tertiary alicyclic amines) is 1. The molecule has 0 saturated carbocycles. The van der Waals surface area contributed by atoms with E-state index in [4.69, 9.17) is 4.74 Å². The molecule has 0 aliphatic carbocycles. The summed E-state index contributed by atoms with van der Waals surface area (Å²) in [6.45, 7) is 14.0. The van der Waals surface area contributed by atoms with Crippen molar-refractivity contribution in [1.82, 2.24) is 9.80 Å². The number of hydrogen-bond acceptors (Lipinski definition) is 3. The summed E-state index contributed by atoms with van der Waals surface area (Å²) in [5.41, 5.74) is -0.227. The van der Waals surface area contributed by atoms with Crippen LogP contribution in [0.15, 0.2) is 0 Å². The molecule has 0 aromatic carbocycles. The molecule has 1 saturated heterocycles. The standard InChI is InChI=1S/C15H30N2O2/c1-14(2,3)16(7)12-8-10-17(11-9-12)13(18)19-15(4,5)6/h12H,8-11H2,1-7H3. The molecule has 0 atom stereocenters. The Hall–Kier alpha value is -0.770. The van der Waals surface area contributed by atoms with Crippen LogP contribution in [0.1, 0.15) is 54.4 Å². The lowest BCUT2D eigenvalue weighted by Gasteiger charge is -2.43. The number of nitrogens with zero attached hydrogens (tertiary/aromatic N) is 2. The predicted molar refractivity (Wildman–Crippen MR) is 78.3 cm³/mol. The Kier molecular flexibility index (Phi) is 4.88. The van der Waals surface area contributed by atoms with Gasteiger partial charge >= 0.3 is 6.09 Å². The van der Waals surface area contributed by atoms with Gasteiger partial charge in [-0.25, -0.2) is 4.79 Å². The Morgan fingerprint density at radius 2 is 1.58 bits per heavy atom. The third kappa shape index (κ3) is 5.01. The van der Waals surface area contributed by atoms with E-state index in [2.05, 4.69) is 32.7 Å². The zero-order chi connectivity index (χ0) is 14.8. The Labute approximate surface area is 118 Å². The summed E-state index contributed by atoms with van der Waals surface area (Å²) in [4.78, 5) is 16.2. The first-order valence-electron chi connectivity index (χ1n) is 7.21. The van der Waals surface area contributed by atoms with Crippen molar-refractivity contribution in [3.63, 3.8) is 0 Å². The normalized spacial score (nSPS) is 18.8. The van der Waals surface area contributed by atoms with E-state index in [1.165, 1.54) is 0 Å². The van der Waals surface area contributed by atoms with E-state index in [9.17, 15) is 4.79 Å². The average molecular weight is 270 g/mol. The monoisotopic (exact) mass is 270 g/mol. The summed E-state index contributed by atoms with van der Waals surface area (Å²) in [6, 6.07) is 0.554. The van der Waals surface area contributed by atoms with Crippen molar-refractivity contribution >= 4 is 6.09 Å². The van der Waals surface area contributed by atoms with Crippen LogP contribution < -0.4 is 0 Å². The molecule has 0 aromatic heterocycles. The number of ether oxygens (including phenoxy) is 1. The average Bonchev–Trinajstić information content (AvgIpc) is 2.24. The van der Waals surface area contributed by atoms with Gasteiger partial charge in [-0.3, -0.25) is 4.90 Å². The van der Waals surface area contributed by atoms with Gasteiger partial charge in [0.25, 0.3) is 0 Å². The fourth-order valence-corrected chi connectivity index (χ4v) is 2.31. The molecule has 112 valence electrons. The minimum atomic E-state index is -0.407. The van der Waals surface area contributed by atoms with Crippen molar-refractivity contribution in [2.45, 2.75) is 71.6 Å². The molecule has 0 unspecified atom stereocenters. The van der Waals surface area contributed by atoms with Crippen LogP contribution in [0, 0.1) is 0 Å². The maximum Gasteiger partial charge on any atom is 0.410 e. The van der Waals surface area contributed by atoms with Crippen LogP contribution in [0.5, 0.6) is 0 Å². The number of carbonyl (C=O) groups excluding carboxylic acids is 1. The first-order valence-corrected chi connectivity index (χ1v) is 7.21. The Morgan fingerprint density at radius 1 is 1.11 bits per heavy atom. The van der Waals surface area contributed by atoms with E-state index in [1.54, 1.807) is 0 Å². The molecule has 1 aliphatic rings. The van der Waals surface area contributed by atoms with Gasteiger partial charge in [-0.15, -0.1) is 0 Å². The second-order valence-corrected chi connectivity index (χ2v) is 7.48. The zero-order valence-corrected chi connectivity index (χ0v) is 13.6. The van der Waals surface area contributed by atoms with E-state index in [0.29, 0.717) is 6.04 Å².